The second-order valence-corrected chi connectivity index (χ2v) is 3.60. The fraction of sp³-hybridized carbons (Fsp3) is 0. The molecule has 0 saturated heterocycles. The van der Waals surface area contributed by atoms with Crippen molar-refractivity contribution < 1.29 is 14.3 Å². The Labute approximate surface area is 101 Å². The molecule has 6 nitrogen and oxygen atoms in total. The van der Waals surface area contributed by atoms with Gasteiger partial charge in [0.1, 0.15) is 0 Å². The Morgan fingerprint density at radius 1 is 1.17 bits per heavy atom. The molecule has 3 rings (SSSR count). The molecular formula is C12H7N3O3. The molecule has 1 aromatic carbocycles. The van der Waals surface area contributed by atoms with Crippen LogP contribution in [0.5, 0.6) is 0 Å². The predicted molar refractivity (Wildman–Crippen MR) is 62.0 cm³/mol. The average molecular weight is 241 g/mol. The van der Waals surface area contributed by atoms with Crippen LogP contribution in [-0.4, -0.2) is 26.3 Å². The molecule has 0 aliphatic carbocycles. The van der Waals surface area contributed by atoms with Crippen molar-refractivity contribution in [3.63, 3.8) is 0 Å². The number of aromatic nitrogens is 3. The second kappa shape index (κ2) is 3.92. The van der Waals surface area contributed by atoms with Crippen LogP contribution in [0, 0.1) is 0 Å². The Balaban J connectivity index is 2.21. The molecule has 2 aromatic heterocycles. The van der Waals surface area contributed by atoms with Gasteiger partial charge in [-0.15, -0.1) is 10.2 Å². The smallest absolute Gasteiger partial charge is 0.393 e. The van der Waals surface area contributed by atoms with Gasteiger partial charge in [0.05, 0.1) is 11.1 Å². The second-order valence-electron chi connectivity index (χ2n) is 3.60. The van der Waals surface area contributed by atoms with E-state index >= 15 is 0 Å². The fourth-order valence-corrected chi connectivity index (χ4v) is 1.70. The highest BCUT2D eigenvalue weighted by Gasteiger charge is 2.16. The largest absolute Gasteiger partial charge is 0.474 e. The van der Waals surface area contributed by atoms with Crippen molar-refractivity contribution in [2.45, 2.75) is 0 Å². The zero-order valence-electron chi connectivity index (χ0n) is 9.07. The fourth-order valence-electron chi connectivity index (χ4n) is 1.70. The molecule has 0 atom stereocenters. The molecule has 0 saturated carbocycles. The predicted octanol–water partition coefficient (Wildman–Crippen LogP) is 1.98. The quantitative estimate of drug-likeness (QED) is 0.737. The maximum atomic E-state index is 10.7. The number of nitrogens with zero attached hydrogens (tertiary/aromatic N) is 3. The van der Waals surface area contributed by atoms with Gasteiger partial charge in [0, 0.05) is 11.6 Å². The Morgan fingerprint density at radius 2 is 2.00 bits per heavy atom. The summed E-state index contributed by atoms with van der Waals surface area (Å²) in [6.45, 7) is 0. The van der Waals surface area contributed by atoms with E-state index in [0.717, 1.165) is 5.39 Å². The van der Waals surface area contributed by atoms with Crippen LogP contribution in [0.4, 0.5) is 0 Å². The van der Waals surface area contributed by atoms with Crippen molar-refractivity contribution in [3.8, 4) is 11.5 Å². The standard InChI is InChI=1S/C12H7N3O3/c16-12(17)11-15-14-10(18-11)8-5-1-3-7-4-2-6-13-9(7)8/h1-6H,(H,16,17). The third kappa shape index (κ3) is 1.60. The van der Waals surface area contributed by atoms with Crippen molar-refractivity contribution in [1.29, 1.82) is 0 Å². The van der Waals surface area contributed by atoms with Gasteiger partial charge in [0.25, 0.3) is 5.89 Å². The van der Waals surface area contributed by atoms with Crippen LogP contribution in [0.15, 0.2) is 40.9 Å². The maximum absolute atomic E-state index is 10.7. The van der Waals surface area contributed by atoms with Gasteiger partial charge in [-0.1, -0.05) is 18.2 Å². The molecule has 0 bridgehead atoms. The third-order valence-corrected chi connectivity index (χ3v) is 2.47. The average Bonchev–Trinajstić information content (AvgIpc) is 2.87. The van der Waals surface area contributed by atoms with E-state index in [0.29, 0.717) is 11.1 Å². The van der Waals surface area contributed by atoms with Crippen molar-refractivity contribution in [1.82, 2.24) is 15.2 Å². The van der Waals surface area contributed by atoms with Crippen molar-refractivity contribution >= 4 is 16.9 Å². The van der Waals surface area contributed by atoms with Gasteiger partial charge in [-0.25, -0.2) is 4.79 Å². The van der Waals surface area contributed by atoms with Crippen LogP contribution in [-0.2, 0) is 0 Å². The van der Waals surface area contributed by atoms with Crippen LogP contribution in [0.1, 0.15) is 10.7 Å². The molecule has 1 N–H and O–H groups in total. The number of pyridine rings is 1. The number of benzene rings is 1. The van der Waals surface area contributed by atoms with Crippen molar-refractivity contribution in [2.75, 3.05) is 0 Å². The molecule has 2 heterocycles. The lowest BCUT2D eigenvalue weighted by molar-refractivity contribution is 0.0654. The van der Waals surface area contributed by atoms with Crippen LogP contribution >= 0.6 is 0 Å². The Kier molecular flexibility index (Phi) is 2.26. The summed E-state index contributed by atoms with van der Waals surface area (Å²) >= 11 is 0. The lowest BCUT2D eigenvalue weighted by Crippen LogP contribution is -1.95. The molecule has 0 spiro atoms. The van der Waals surface area contributed by atoms with E-state index < -0.39 is 11.9 Å². The zero-order chi connectivity index (χ0) is 12.5. The SMILES string of the molecule is O=C(O)c1nnc(-c2cccc3cccnc23)o1. The summed E-state index contributed by atoms with van der Waals surface area (Å²) in [4.78, 5) is 14.9. The first-order chi connectivity index (χ1) is 8.75. The molecule has 0 fully saturated rings. The summed E-state index contributed by atoms with van der Waals surface area (Å²) in [5.41, 5.74) is 1.31. The molecule has 0 aliphatic heterocycles. The van der Waals surface area contributed by atoms with Crippen LogP contribution in [0.2, 0.25) is 0 Å². The van der Waals surface area contributed by atoms with Crippen molar-refractivity contribution in [3.05, 3.63) is 42.4 Å². The molecule has 18 heavy (non-hydrogen) atoms. The number of hydrogen-bond acceptors (Lipinski definition) is 5. The first kappa shape index (κ1) is 10.4. The number of carboxylic acids is 1. The number of aromatic carboxylic acids is 1. The van der Waals surface area contributed by atoms with Gasteiger partial charge in [0.2, 0.25) is 0 Å². The molecule has 0 unspecified atom stereocenters. The normalized spacial score (nSPS) is 10.7. The van der Waals surface area contributed by atoms with Gasteiger partial charge in [0.15, 0.2) is 0 Å². The minimum absolute atomic E-state index is 0.150. The van der Waals surface area contributed by atoms with E-state index in [9.17, 15) is 4.79 Å². The van der Waals surface area contributed by atoms with Gasteiger partial charge in [-0.2, -0.15) is 0 Å². The maximum Gasteiger partial charge on any atom is 0.393 e. The highest BCUT2D eigenvalue weighted by molar-refractivity contribution is 5.91. The summed E-state index contributed by atoms with van der Waals surface area (Å²) in [5, 5.41) is 16.8. The van der Waals surface area contributed by atoms with Crippen LogP contribution in [0.25, 0.3) is 22.4 Å². The first-order valence-corrected chi connectivity index (χ1v) is 5.16. The Morgan fingerprint density at radius 3 is 2.78 bits per heavy atom. The summed E-state index contributed by atoms with van der Waals surface area (Å²) in [7, 11) is 0. The molecule has 0 aliphatic rings. The lowest BCUT2D eigenvalue weighted by atomic mass is 10.1. The molecule has 3 aromatic rings. The number of rotatable bonds is 2. The minimum Gasteiger partial charge on any atom is -0.474 e. The summed E-state index contributed by atoms with van der Waals surface area (Å²) in [6, 6.07) is 9.21. The van der Waals surface area contributed by atoms with E-state index in [2.05, 4.69) is 15.2 Å². The Bertz CT molecular complexity index is 731. The van der Waals surface area contributed by atoms with Gasteiger partial charge < -0.3 is 9.52 Å². The number of hydrogen-bond donors (Lipinski definition) is 1. The van der Waals surface area contributed by atoms with Gasteiger partial charge >= 0.3 is 11.9 Å². The lowest BCUT2D eigenvalue weighted by Gasteiger charge is -2.00. The van der Waals surface area contributed by atoms with E-state index in [1.807, 2.05) is 24.3 Å². The number of para-hydroxylation sites is 1. The topological polar surface area (TPSA) is 89.1 Å². The van der Waals surface area contributed by atoms with Crippen LogP contribution in [0.3, 0.4) is 0 Å². The minimum atomic E-state index is -1.25. The Hall–Kier alpha value is -2.76. The van der Waals surface area contributed by atoms with Crippen LogP contribution < -0.4 is 0 Å². The molecular weight excluding hydrogens is 234 g/mol. The third-order valence-electron chi connectivity index (χ3n) is 2.47. The van der Waals surface area contributed by atoms with E-state index in [1.165, 1.54) is 0 Å². The van der Waals surface area contributed by atoms with E-state index in [1.54, 1.807) is 12.3 Å². The highest BCUT2D eigenvalue weighted by atomic mass is 16.4. The number of carbonyl (C=O) groups is 1. The molecule has 0 radical (unpaired) electrons. The van der Waals surface area contributed by atoms with E-state index in [4.69, 9.17) is 9.52 Å². The monoisotopic (exact) mass is 241 g/mol. The molecule has 0 amide bonds. The van der Waals surface area contributed by atoms with E-state index in [-0.39, 0.29) is 5.89 Å². The number of carboxylic acid groups (broad SMARTS) is 1. The summed E-state index contributed by atoms with van der Waals surface area (Å²) in [6.07, 6.45) is 1.65. The molecule has 6 heteroatoms. The summed E-state index contributed by atoms with van der Waals surface area (Å²) < 4.78 is 5.08. The van der Waals surface area contributed by atoms with Gasteiger partial charge in [-0.05, 0) is 12.1 Å². The zero-order valence-corrected chi connectivity index (χ0v) is 9.07. The molecule has 88 valence electrons. The highest BCUT2D eigenvalue weighted by Crippen LogP contribution is 2.25. The van der Waals surface area contributed by atoms with Crippen molar-refractivity contribution in [2.24, 2.45) is 0 Å². The summed E-state index contributed by atoms with van der Waals surface area (Å²) in [5.74, 6) is -1.53. The van der Waals surface area contributed by atoms with Gasteiger partial charge in [-0.3, -0.25) is 4.98 Å². The first-order valence-electron chi connectivity index (χ1n) is 5.16. The number of fused-ring (bicyclic) bond motifs is 1.